The molecule has 1 N–H and O–H groups in total. The van der Waals surface area contributed by atoms with Crippen LogP contribution in [-0.2, 0) is 13.0 Å². The molecule has 3 aromatic rings. The lowest BCUT2D eigenvalue weighted by atomic mass is 10.1. The molecular weight excluding hydrogens is 305 g/mol. The predicted molar refractivity (Wildman–Crippen MR) is 88.3 cm³/mol. The maximum atomic E-state index is 9.25. The van der Waals surface area contributed by atoms with E-state index in [0.29, 0.717) is 16.5 Å². The first-order chi connectivity index (χ1) is 10.2. The summed E-state index contributed by atoms with van der Waals surface area (Å²) in [5.41, 5.74) is 3.28. The molecule has 2 nitrogen and oxygen atoms in total. The molecule has 3 rings (SSSR count). The summed E-state index contributed by atoms with van der Waals surface area (Å²) >= 11 is 12.5. The van der Waals surface area contributed by atoms with E-state index in [4.69, 9.17) is 23.2 Å². The Kier molecular flexibility index (Phi) is 4.20. The quantitative estimate of drug-likeness (QED) is 0.750. The van der Waals surface area contributed by atoms with Crippen molar-refractivity contribution in [2.24, 2.45) is 0 Å². The Morgan fingerprint density at radius 2 is 1.76 bits per heavy atom. The van der Waals surface area contributed by atoms with Crippen molar-refractivity contribution in [1.29, 1.82) is 0 Å². The Bertz CT molecular complexity index is 765. The monoisotopic (exact) mass is 319 g/mol. The molecule has 0 bridgehead atoms. The fraction of sp³-hybridized carbons (Fsp3) is 0.176. The average Bonchev–Trinajstić information content (AvgIpc) is 2.83. The zero-order valence-corrected chi connectivity index (χ0v) is 12.9. The number of fused-ring (bicyclic) bond motifs is 1. The Morgan fingerprint density at radius 1 is 1.00 bits per heavy atom. The highest BCUT2D eigenvalue weighted by Crippen LogP contribution is 2.34. The van der Waals surface area contributed by atoms with Crippen LogP contribution in [0.3, 0.4) is 0 Å². The second-order valence-corrected chi connectivity index (χ2v) is 5.78. The fourth-order valence-electron chi connectivity index (χ4n) is 2.63. The molecule has 21 heavy (non-hydrogen) atoms. The molecule has 108 valence electrons. The van der Waals surface area contributed by atoms with Crippen LogP contribution in [0.15, 0.2) is 48.7 Å². The summed E-state index contributed by atoms with van der Waals surface area (Å²) in [5.74, 6) is 0. The molecule has 0 amide bonds. The van der Waals surface area contributed by atoms with Gasteiger partial charge in [0.15, 0.2) is 0 Å². The Balaban J connectivity index is 2.13. The standard InChI is InChI=1S/C17H15Cl2NO/c18-14-6-7-15-16(17(14)19)13(8-9-21)11-20(15)10-12-4-2-1-3-5-12/h1-7,11,21H,8-10H2. The summed E-state index contributed by atoms with van der Waals surface area (Å²) in [7, 11) is 0. The van der Waals surface area contributed by atoms with Gasteiger partial charge in [0.1, 0.15) is 0 Å². The van der Waals surface area contributed by atoms with Crippen molar-refractivity contribution in [3.05, 3.63) is 69.8 Å². The maximum Gasteiger partial charge on any atom is 0.0688 e. The number of rotatable bonds is 4. The predicted octanol–water partition coefficient (Wildman–Crippen LogP) is 4.53. The number of aliphatic hydroxyl groups is 1. The zero-order valence-electron chi connectivity index (χ0n) is 11.4. The van der Waals surface area contributed by atoms with Gasteiger partial charge in [0, 0.05) is 24.7 Å². The lowest BCUT2D eigenvalue weighted by Crippen LogP contribution is -1.97. The number of nitrogens with zero attached hydrogens (tertiary/aromatic N) is 1. The van der Waals surface area contributed by atoms with Crippen molar-refractivity contribution in [3.63, 3.8) is 0 Å². The minimum Gasteiger partial charge on any atom is -0.396 e. The van der Waals surface area contributed by atoms with Crippen molar-refractivity contribution < 1.29 is 5.11 Å². The first-order valence-corrected chi connectivity index (χ1v) is 7.57. The molecule has 0 aliphatic rings. The third kappa shape index (κ3) is 2.80. The Morgan fingerprint density at radius 3 is 2.48 bits per heavy atom. The highest BCUT2D eigenvalue weighted by molar-refractivity contribution is 6.45. The molecule has 4 heteroatoms. The highest BCUT2D eigenvalue weighted by atomic mass is 35.5. The van der Waals surface area contributed by atoms with Crippen molar-refractivity contribution in [2.75, 3.05) is 6.61 Å². The lowest BCUT2D eigenvalue weighted by Gasteiger charge is -2.06. The summed E-state index contributed by atoms with van der Waals surface area (Å²) < 4.78 is 2.15. The molecule has 0 fully saturated rings. The van der Waals surface area contributed by atoms with Gasteiger partial charge in [-0.25, -0.2) is 0 Å². The molecular formula is C17H15Cl2NO. The van der Waals surface area contributed by atoms with E-state index in [2.05, 4.69) is 22.9 Å². The van der Waals surface area contributed by atoms with Gasteiger partial charge in [0.05, 0.1) is 15.6 Å². The second kappa shape index (κ2) is 6.10. The summed E-state index contributed by atoms with van der Waals surface area (Å²) in [4.78, 5) is 0. The lowest BCUT2D eigenvalue weighted by molar-refractivity contribution is 0.300. The van der Waals surface area contributed by atoms with E-state index in [0.717, 1.165) is 23.0 Å². The molecule has 1 heterocycles. The number of aliphatic hydroxyl groups excluding tert-OH is 1. The number of hydrogen-bond acceptors (Lipinski definition) is 1. The van der Waals surface area contributed by atoms with Crippen molar-refractivity contribution in [2.45, 2.75) is 13.0 Å². The van der Waals surface area contributed by atoms with Crippen molar-refractivity contribution >= 4 is 34.1 Å². The first-order valence-electron chi connectivity index (χ1n) is 6.81. The molecule has 0 aliphatic heterocycles. The number of benzene rings is 2. The maximum absolute atomic E-state index is 9.25. The van der Waals surface area contributed by atoms with E-state index in [-0.39, 0.29) is 6.61 Å². The van der Waals surface area contributed by atoms with E-state index in [1.165, 1.54) is 5.56 Å². The molecule has 0 aliphatic carbocycles. The van der Waals surface area contributed by atoms with Crippen LogP contribution in [0.25, 0.3) is 10.9 Å². The third-order valence-corrected chi connectivity index (χ3v) is 4.40. The summed E-state index contributed by atoms with van der Waals surface area (Å²) in [5, 5.41) is 11.3. The van der Waals surface area contributed by atoms with Gasteiger partial charge in [-0.1, -0.05) is 53.5 Å². The summed E-state index contributed by atoms with van der Waals surface area (Å²) in [6, 6.07) is 14.0. The van der Waals surface area contributed by atoms with Crippen molar-refractivity contribution in [3.8, 4) is 0 Å². The van der Waals surface area contributed by atoms with Gasteiger partial charge in [0.25, 0.3) is 0 Å². The van der Waals surface area contributed by atoms with Crippen LogP contribution in [0.4, 0.5) is 0 Å². The molecule has 1 aromatic heterocycles. The van der Waals surface area contributed by atoms with Crippen LogP contribution in [0.2, 0.25) is 10.0 Å². The molecule has 2 aromatic carbocycles. The van der Waals surface area contributed by atoms with Gasteiger partial charge < -0.3 is 9.67 Å². The number of halogens is 2. The van der Waals surface area contributed by atoms with Crippen molar-refractivity contribution in [1.82, 2.24) is 4.57 Å². The van der Waals surface area contributed by atoms with Gasteiger partial charge in [0.2, 0.25) is 0 Å². The average molecular weight is 320 g/mol. The van der Waals surface area contributed by atoms with E-state index in [1.807, 2.05) is 30.3 Å². The Hall–Kier alpha value is -1.48. The normalized spacial score (nSPS) is 11.2. The van der Waals surface area contributed by atoms with E-state index >= 15 is 0 Å². The molecule has 0 unspecified atom stereocenters. The van der Waals surface area contributed by atoms with Crippen LogP contribution in [-0.4, -0.2) is 16.3 Å². The third-order valence-electron chi connectivity index (χ3n) is 3.59. The molecule has 0 saturated carbocycles. The first kappa shape index (κ1) is 14.5. The molecule has 0 spiro atoms. The minimum absolute atomic E-state index is 0.0906. The number of hydrogen-bond donors (Lipinski definition) is 1. The SMILES string of the molecule is OCCc1cn(Cc2ccccc2)c2ccc(Cl)c(Cl)c12. The van der Waals surface area contributed by atoms with Gasteiger partial charge in [-0.15, -0.1) is 0 Å². The number of aromatic nitrogens is 1. The zero-order chi connectivity index (χ0) is 14.8. The van der Waals surface area contributed by atoms with Gasteiger partial charge >= 0.3 is 0 Å². The fourth-order valence-corrected chi connectivity index (χ4v) is 3.07. The molecule has 0 saturated heterocycles. The van der Waals surface area contributed by atoms with E-state index < -0.39 is 0 Å². The second-order valence-electron chi connectivity index (χ2n) is 5.00. The topological polar surface area (TPSA) is 25.2 Å². The van der Waals surface area contributed by atoms with Crippen LogP contribution in [0, 0.1) is 0 Å². The molecule has 0 radical (unpaired) electrons. The van der Waals surface area contributed by atoms with Gasteiger partial charge in [-0.05, 0) is 29.7 Å². The van der Waals surface area contributed by atoms with E-state index in [9.17, 15) is 5.11 Å². The highest BCUT2D eigenvalue weighted by Gasteiger charge is 2.14. The minimum atomic E-state index is 0.0906. The Labute approximate surface area is 133 Å². The smallest absolute Gasteiger partial charge is 0.0688 e. The van der Waals surface area contributed by atoms with E-state index in [1.54, 1.807) is 0 Å². The van der Waals surface area contributed by atoms with Crippen LogP contribution in [0.1, 0.15) is 11.1 Å². The van der Waals surface area contributed by atoms with Crippen LogP contribution in [0.5, 0.6) is 0 Å². The van der Waals surface area contributed by atoms with Gasteiger partial charge in [-0.3, -0.25) is 0 Å². The summed E-state index contributed by atoms with van der Waals surface area (Å²) in [6.07, 6.45) is 2.62. The van der Waals surface area contributed by atoms with Crippen LogP contribution < -0.4 is 0 Å². The largest absolute Gasteiger partial charge is 0.396 e. The van der Waals surface area contributed by atoms with Gasteiger partial charge in [-0.2, -0.15) is 0 Å². The molecule has 0 atom stereocenters. The summed E-state index contributed by atoms with van der Waals surface area (Å²) in [6.45, 7) is 0.855. The van der Waals surface area contributed by atoms with Crippen LogP contribution >= 0.6 is 23.2 Å².